The predicted octanol–water partition coefficient (Wildman–Crippen LogP) is 1.44. The molecule has 21 heavy (non-hydrogen) atoms. The van der Waals surface area contributed by atoms with E-state index in [1.54, 1.807) is 25.1 Å². The van der Waals surface area contributed by atoms with E-state index >= 15 is 0 Å². The van der Waals surface area contributed by atoms with Crippen LogP contribution in [-0.4, -0.2) is 29.5 Å². The molecule has 0 spiro atoms. The van der Waals surface area contributed by atoms with Crippen molar-refractivity contribution in [2.75, 3.05) is 11.6 Å². The first-order valence-corrected chi connectivity index (χ1v) is 6.59. The number of aromatic nitrogens is 1. The quantitative estimate of drug-likeness (QED) is 0.849. The average Bonchev–Trinajstić information content (AvgIpc) is 2.82. The number of nitriles is 1. The molecular weight excluding hydrogens is 296 g/mol. The smallest absolute Gasteiger partial charge is 0.331 e. The third kappa shape index (κ3) is 4.33. The minimum absolute atomic E-state index is 0.0335. The van der Waals surface area contributed by atoms with Gasteiger partial charge in [-0.05, 0) is 19.1 Å². The highest BCUT2D eigenvalue weighted by atomic mass is 35.5. The van der Waals surface area contributed by atoms with Crippen molar-refractivity contribution in [1.82, 2.24) is 10.4 Å². The molecule has 1 N–H and O–H groups in total. The Bertz CT molecular complexity index is 559. The summed E-state index contributed by atoms with van der Waals surface area (Å²) in [4.78, 5) is 27.2. The summed E-state index contributed by atoms with van der Waals surface area (Å²) in [7, 11) is 0. The molecular formula is C13H15ClN4O3. The molecule has 0 radical (unpaired) electrons. The SMILES string of the molecule is CC#N.CCOC(=O)C1CC(=O)NN1c1ncccc1Cl. The van der Waals surface area contributed by atoms with Gasteiger partial charge in [0, 0.05) is 13.1 Å². The number of carbonyl (C=O) groups excluding carboxylic acids is 2. The van der Waals surface area contributed by atoms with E-state index in [0.29, 0.717) is 10.8 Å². The van der Waals surface area contributed by atoms with Crippen molar-refractivity contribution in [1.29, 1.82) is 5.26 Å². The first-order valence-electron chi connectivity index (χ1n) is 6.21. The van der Waals surface area contributed by atoms with Crippen LogP contribution in [0.15, 0.2) is 18.3 Å². The number of hydrogen-bond donors (Lipinski definition) is 1. The Balaban J connectivity index is 0.000000677. The number of ether oxygens (including phenoxy) is 1. The summed E-state index contributed by atoms with van der Waals surface area (Å²) < 4.78 is 4.92. The molecule has 0 aliphatic carbocycles. The monoisotopic (exact) mass is 310 g/mol. The van der Waals surface area contributed by atoms with Crippen molar-refractivity contribution >= 4 is 29.3 Å². The van der Waals surface area contributed by atoms with Crippen LogP contribution in [0.2, 0.25) is 5.02 Å². The van der Waals surface area contributed by atoms with Crippen LogP contribution in [0.4, 0.5) is 5.82 Å². The van der Waals surface area contributed by atoms with Crippen LogP contribution >= 0.6 is 11.6 Å². The van der Waals surface area contributed by atoms with E-state index in [4.69, 9.17) is 21.6 Å². The van der Waals surface area contributed by atoms with Crippen LogP contribution in [-0.2, 0) is 14.3 Å². The molecule has 0 aromatic carbocycles. The molecule has 1 unspecified atom stereocenters. The third-order valence-corrected chi connectivity index (χ3v) is 2.76. The number of nitrogens with zero attached hydrogens (tertiary/aromatic N) is 3. The van der Waals surface area contributed by atoms with Crippen LogP contribution in [0, 0.1) is 11.3 Å². The Kier molecular flexibility index (Phi) is 6.43. The standard InChI is InChI=1S/C11H12ClN3O3.C2H3N/c1-2-18-11(17)8-6-9(16)14-15(8)10-7(12)4-3-5-13-10;1-2-3/h3-5,8H,2,6H2,1H3,(H,14,16);1H3. The summed E-state index contributed by atoms with van der Waals surface area (Å²) in [6.07, 6.45) is 1.57. The molecule has 1 saturated heterocycles. The highest BCUT2D eigenvalue weighted by molar-refractivity contribution is 6.33. The largest absolute Gasteiger partial charge is 0.464 e. The Morgan fingerprint density at radius 1 is 1.71 bits per heavy atom. The van der Waals surface area contributed by atoms with Gasteiger partial charge in [-0.15, -0.1) is 0 Å². The normalized spacial score (nSPS) is 16.4. The summed E-state index contributed by atoms with van der Waals surface area (Å²) in [5.41, 5.74) is 2.55. The third-order valence-electron chi connectivity index (χ3n) is 2.46. The molecule has 8 heteroatoms. The number of anilines is 1. The molecule has 1 aromatic rings. The zero-order chi connectivity index (χ0) is 15.8. The number of hydrazine groups is 1. The van der Waals surface area contributed by atoms with Crippen LogP contribution < -0.4 is 10.4 Å². The highest BCUT2D eigenvalue weighted by Gasteiger charge is 2.38. The van der Waals surface area contributed by atoms with Gasteiger partial charge in [0.05, 0.1) is 24.1 Å². The number of esters is 1. The van der Waals surface area contributed by atoms with Crippen molar-refractivity contribution in [2.24, 2.45) is 0 Å². The van der Waals surface area contributed by atoms with Crippen LogP contribution in [0.3, 0.4) is 0 Å². The number of halogens is 1. The number of hydrogen-bond acceptors (Lipinski definition) is 6. The zero-order valence-corrected chi connectivity index (χ0v) is 12.4. The number of carbonyl (C=O) groups is 2. The van der Waals surface area contributed by atoms with Crippen LogP contribution in [0.5, 0.6) is 0 Å². The molecule has 0 saturated carbocycles. The van der Waals surface area contributed by atoms with Crippen LogP contribution in [0.1, 0.15) is 20.3 Å². The van der Waals surface area contributed by atoms with Gasteiger partial charge < -0.3 is 4.74 Å². The topological polar surface area (TPSA) is 95.3 Å². The molecule has 7 nitrogen and oxygen atoms in total. The minimum Gasteiger partial charge on any atom is -0.464 e. The zero-order valence-electron chi connectivity index (χ0n) is 11.7. The first kappa shape index (κ1) is 16.7. The van der Waals surface area contributed by atoms with Gasteiger partial charge in [-0.1, -0.05) is 11.6 Å². The molecule has 2 heterocycles. The second kappa shape index (κ2) is 8.07. The number of amides is 1. The number of rotatable bonds is 3. The molecule has 112 valence electrons. The van der Waals surface area contributed by atoms with Gasteiger partial charge in [-0.2, -0.15) is 5.26 Å². The predicted molar refractivity (Wildman–Crippen MR) is 76.2 cm³/mol. The molecule has 1 aliphatic rings. The fourth-order valence-corrected chi connectivity index (χ4v) is 1.92. The first-order chi connectivity index (χ1) is 10.0. The molecule has 2 rings (SSSR count). The Morgan fingerprint density at radius 3 is 2.95 bits per heavy atom. The Labute approximate surface area is 127 Å². The number of nitrogens with one attached hydrogen (secondary N) is 1. The average molecular weight is 311 g/mol. The molecule has 1 aromatic heterocycles. The van der Waals surface area contributed by atoms with Crippen molar-refractivity contribution in [3.63, 3.8) is 0 Å². The van der Waals surface area contributed by atoms with E-state index in [1.807, 2.05) is 0 Å². The second-order valence-electron chi connectivity index (χ2n) is 3.91. The van der Waals surface area contributed by atoms with E-state index in [0.717, 1.165) is 0 Å². The summed E-state index contributed by atoms with van der Waals surface area (Å²) >= 11 is 5.99. The highest BCUT2D eigenvalue weighted by Crippen LogP contribution is 2.26. The van der Waals surface area contributed by atoms with Crippen molar-refractivity contribution < 1.29 is 14.3 Å². The summed E-state index contributed by atoms with van der Waals surface area (Å²) in [6, 6.07) is 4.32. The van der Waals surface area contributed by atoms with Crippen LogP contribution in [0.25, 0.3) is 0 Å². The van der Waals surface area contributed by atoms with E-state index in [-0.39, 0.29) is 18.9 Å². The summed E-state index contributed by atoms with van der Waals surface area (Å²) in [5, 5.41) is 9.02. The fraction of sp³-hybridized carbons (Fsp3) is 0.385. The van der Waals surface area contributed by atoms with Gasteiger partial charge in [0.15, 0.2) is 11.9 Å². The minimum atomic E-state index is -0.732. The maximum atomic E-state index is 11.8. The second-order valence-corrected chi connectivity index (χ2v) is 4.32. The van der Waals surface area contributed by atoms with Crippen molar-refractivity contribution in [3.05, 3.63) is 23.4 Å². The molecule has 1 amide bonds. The van der Waals surface area contributed by atoms with E-state index in [9.17, 15) is 9.59 Å². The lowest BCUT2D eigenvalue weighted by Crippen LogP contribution is -2.43. The van der Waals surface area contributed by atoms with Gasteiger partial charge in [-0.25, -0.2) is 9.78 Å². The maximum absolute atomic E-state index is 11.8. The van der Waals surface area contributed by atoms with Gasteiger partial charge in [0.25, 0.3) is 0 Å². The van der Waals surface area contributed by atoms with Gasteiger partial charge in [0.1, 0.15) is 0 Å². The lowest BCUT2D eigenvalue weighted by molar-refractivity contribution is -0.144. The van der Waals surface area contributed by atoms with Gasteiger partial charge >= 0.3 is 5.97 Å². The van der Waals surface area contributed by atoms with Gasteiger partial charge in [0.2, 0.25) is 5.91 Å². The van der Waals surface area contributed by atoms with Crippen molar-refractivity contribution in [3.8, 4) is 6.07 Å². The molecule has 0 bridgehead atoms. The lowest BCUT2D eigenvalue weighted by atomic mass is 10.2. The Morgan fingerprint density at radius 2 is 2.38 bits per heavy atom. The van der Waals surface area contributed by atoms with E-state index in [1.165, 1.54) is 18.1 Å². The van der Waals surface area contributed by atoms with E-state index < -0.39 is 12.0 Å². The summed E-state index contributed by atoms with van der Waals surface area (Å²) in [5.74, 6) is -0.407. The molecule has 1 atom stereocenters. The molecule has 1 aliphatic heterocycles. The van der Waals surface area contributed by atoms with E-state index in [2.05, 4.69) is 10.4 Å². The van der Waals surface area contributed by atoms with Gasteiger partial charge in [-0.3, -0.25) is 15.2 Å². The fourth-order valence-electron chi connectivity index (χ4n) is 1.71. The maximum Gasteiger partial charge on any atom is 0.331 e. The Hall–Kier alpha value is -2.33. The molecule has 1 fully saturated rings. The van der Waals surface area contributed by atoms with Crippen molar-refractivity contribution in [2.45, 2.75) is 26.3 Å². The number of pyridine rings is 1. The summed E-state index contributed by atoms with van der Waals surface area (Å²) in [6.45, 7) is 3.40. The lowest BCUT2D eigenvalue weighted by Gasteiger charge is -2.23.